The van der Waals surface area contributed by atoms with Gasteiger partial charge in [-0.25, -0.2) is 8.78 Å². The first-order valence-corrected chi connectivity index (χ1v) is 5.33. The third-order valence-corrected chi connectivity index (χ3v) is 2.45. The minimum absolute atomic E-state index is 0.0839. The Morgan fingerprint density at radius 2 is 1.94 bits per heavy atom. The van der Waals surface area contributed by atoms with Crippen molar-refractivity contribution >= 4 is 11.4 Å². The highest BCUT2D eigenvalue weighted by Gasteiger charge is 2.08. The van der Waals surface area contributed by atoms with Gasteiger partial charge < -0.3 is 5.32 Å². The van der Waals surface area contributed by atoms with Crippen LogP contribution in [0.3, 0.4) is 0 Å². The van der Waals surface area contributed by atoms with Crippen LogP contribution < -0.4 is 5.32 Å². The smallest absolute Gasteiger partial charge is 0.143 e. The SMILES string of the molecule is Cc1cc(F)cc(Nc2cccc(F)c2C#N)c1. The highest BCUT2D eigenvalue weighted by Crippen LogP contribution is 2.23. The fourth-order valence-electron chi connectivity index (χ4n) is 1.71. The average Bonchev–Trinajstić information content (AvgIpc) is 2.27. The van der Waals surface area contributed by atoms with E-state index < -0.39 is 5.82 Å². The number of rotatable bonds is 2. The standard InChI is InChI=1S/C14H10F2N2/c1-9-5-10(15)7-11(6-9)18-14-4-2-3-13(16)12(14)8-17/h2-7,18H,1H3. The molecule has 0 unspecified atom stereocenters. The molecule has 0 bridgehead atoms. The Balaban J connectivity index is 2.40. The molecule has 2 aromatic rings. The van der Waals surface area contributed by atoms with Gasteiger partial charge in [-0.3, -0.25) is 0 Å². The summed E-state index contributed by atoms with van der Waals surface area (Å²) in [5, 5.41) is 11.7. The van der Waals surface area contributed by atoms with Crippen LogP contribution in [0.1, 0.15) is 11.1 Å². The molecule has 0 aliphatic rings. The van der Waals surface area contributed by atoms with Gasteiger partial charge in [-0.2, -0.15) is 5.26 Å². The van der Waals surface area contributed by atoms with E-state index in [0.717, 1.165) is 5.56 Å². The van der Waals surface area contributed by atoms with E-state index in [1.165, 1.54) is 24.3 Å². The molecular weight excluding hydrogens is 234 g/mol. The predicted molar refractivity (Wildman–Crippen MR) is 65.5 cm³/mol. The summed E-state index contributed by atoms with van der Waals surface area (Å²) in [6.45, 7) is 1.76. The topological polar surface area (TPSA) is 35.8 Å². The summed E-state index contributed by atoms with van der Waals surface area (Å²) in [5.41, 5.74) is 1.46. The maximum Gasteiger partial charge on any atom is 0.143 e. The zero-order chi connectivity index (χ0) is 13.1. The maximum absolute atomic E-state index is 13.4. The summed E-state index contributed by atoms with van der Waals surface area (Å²) in [5.74, 6) is -0.983. The van der Waals surface area contributed by atoms with Crippen LogP contribution in [0.4, 0.5) is 20.2 Å². The van der Waals surface area contributed by atoms with Crippen LogP contribution in [0.15, 0.2) is 36.4 Å². The van der Waals surface area contributed by atoms with Gasteiger partial charge in [0.15, 0.2) is 0 Å². The van der Waals surface area contributed by atoms with Crippen molar-refractivity contribution in [2.75, 3.05) is 5.32 Å². The molecule has 18 heavy (non-hydrogen) atoms. The van der Waals surface area contributed by atoms with E-state index >= 15 is 0 Å². The van der Waals surface area contributed by atoms with Crippen LogP contribution >= 0.6 is 0 Å². The summed E-state index contributed by atoms with van der Waals surface area (Å²) >= 11 is 0. The molecule has 4 heteroatoms. The largest absolute Gasteiger partial charge is 0.354 e. The Kier molecular flexibility index (Phi) is 3.24. The zero-order valence-corrected chi connectivity index (χ0v) is 9.67. The number of hydrogen-bond donors (Lipinski definition) is 1. The molecule has 0 aliphatic heterocycles. The van der Waals surface area contributed by atoms with Crippen molar-refractivity contribution in [2.24, 2.45) is 0 Å². The van der Waals surface area contributed by atoms with Crippen molar-refractivity contribution < 1.29 is 8.78 Å². The number of nitrogens with zero attached hydrogens (tertiary/aromatic N) is 1. The molecule has 2 rings (SSSR count). The van der Waals surface area contributed by atoms with Crippen molar-refractivity contribution in [3.8, 4) is 6.07 Å². The third-order valence-electron chi connectivity index (χ3n) is 2.45. The van der Waals surface area contributed by atoms with Crippen molar-refractivity contribution in [2.45, 2.75) is 6.92 Å². The molecule has 90 valence electrons. The Morgan fingerprint density at radius 1 is 1.17 bits per heavy atom. The molecule has 0 radical (unpaired) electrons. The monoisotopic (exact) mass is 244 g/mol. The summed E-state index contributed by atoms with van der Waals surface area (Å²) in [6, 6.07) is 10.5. The molecule has 0 atom stereocenters. The van der Waals surface area contributed by atoms with Crippen molar-refractivity contribution in [3.63, 3.8) is 0 Å². The van der Waals surface area contributed by atoms with E-state index in [1.807, 2.05) is 0 Å². The van der Waals surface area contributed by atoms with Gasteiger partial charge in [0.05, 0.1) is 5.69 Å². The number of aryl methyl sites for hydroxylation is 1. The normalized spacial score (nSPS) is 9.89. The van der Waals surface area contributed by atoms with E-state index in [0.29, 0.717) is 11.4 Å². The second kappa shape index (κ2) is 4.84. The van der Waals surface area contributed by atoms with Crippen LogP contribution in [0.25, 0.3) is 0 Å². The number of benzene rings is 2. The second-order valence-corrected chi connectivity index (χ2v) is 3.92. The first kappa shape index (κ1) is 12.1. The molecule has 2 aromatic carbocycles. The fraction of sp³-hybridized carbons (Fsp3) is 0.0714. The molecule has 0 aromatic heterocycles. The molecule has 0 spiro atoms. The lowest BCUT2D eigenvalue weighted by atomic mass is 10.1. The Bertz CT molecular complexity index is 610. The number of hydrogen-bond acceptors (Lipinski definition) is 2. The minimum Gasteiger partial charge on any atom is -0.354 e. The molecule has 1 N–H and O–H groups in total. The van der Waals surface area contributed by atoms with Gasteiger partial charge >= 0.3 is 0 Å². The van der Waals surface area contributed by atoms with E-state index in [9.17, 15) is 8.78 Å². The van der Waals surface area contributed by atoms with Gasteiger partial charge in [-0.05, 0) is 42.8 Å². The first-order valence-electron chi connectivity index (χ1n) is 5.33. The van der Waals surface area contributed by atoms with E-state index in [2.05, 4.69) is 5.32 Å². The Labute approximate surface area is 103 Å². The van der Waals surface area contributed by atoms with Crippen LogP contribution in [0.2, 0.25) is 0 Å². The highest BCUT2D eigenvalue weighted by atomic mass is 19.1. The second-order valence-electron chi connectivity index (χ2n) is 3.92. The van der Waals surface area contributed by atoms with Gasteiger partial charge in [-0.15, -0.1) is 0 Å². The van der Waals surface area contributed by atoms with Crippen molar-refractivity contribution in [1.82, 2.24) is 0 Å². The summed E-state index contributed by atoms with van der Waals surface area (Å²) in [6.07, 6.45) is 0. The molecule has 2 nitrogen and oxygen atoms in total. The zero-order valence-electron chi connectivity index (χ0n) is 9.67. The average molecular weight is 244 g/mol. The molecule has 0 amide bonds. The van der Waals surface area contributed by atoms with Crippen LogP contribution in [0, 0.1) is 29.9 Å². The lowest BCUT2D eigenvalue weighted by Crippen LogP contribution is -1.97. The van der Waals surface area contributed by atoms with Gasteiger partial charge in [0.25, 0.3) is 0 Å². The number of nitrogens with one attached hydrogen (secondary N) is 1. The number of anilines is 2. The molecule has 0 fully saturated rings. The van der Waals surface area contributed by atoms with Crippen LogP contribution in [0.5, 0.6) is 0 Å². The Hall–Kier alpha value is -2.41. The van der Waals surface area contributed by atoms with Crippen molar-refractivity contribution in [3.05, 3.63) is 59.2 Å². The predicted octanol–water partition coefficient (Wildman–Crippen LogP) is 3.89. The van der Waals surface area contributed by atoms with Crippen LogP contribution in [-0.2, 0) is 0 Å². The van der Waals surface area contributed by atoms with Crippen LogP contribution in [-0.4, -0.2) is 0 Å². The van der Waals surface area contributed by atoms with Gasteiger partial charge in [0, 0.05) is 5.69 Å². The number of halogens is 2. The molecule has 0 heterocycles. The van der Waals surface area contributed by atoms with E-state index in [1.54, 1.807) is 25.1 Å². The molecular formula is C14H10F2N2. The summed E-state index contributed by atoms with van der Waals surface area (Å²) < 4.78 is 26.6. The van der Waals surface area contributed by atoms with Gasteiger partial charge in [0.1, 0.15) is 23.3 Å². The fourth-order valence-corrected chi connectivity index (χ4v) is 1.71. The Morgan fingerprint density at radius 3 is 2.61 bits per heavy atom. The minimum atomic E-state index is -0.601. The van der Waals surface area contributed by atoms with E-state index in [4.69, 9.17) is 5.26 Å². The summed E-state index contributed by atoms with van der Waals surface area (Å²) in [4.78, 5) is 0. The van der Waals surface area contributed by atoms with E-state index in [-0.39, 0.29) is 11.4 Å². The summed E-state index contributed by atoms with van der Waals surface area (Å²) in [7, 11) is 0. The lowest BCUT2D eigenvalue weighted by molar-refractivity contribution is 0.624. The third kappa shape index (κ3) is 2.46. The molecule has 0 saturated carbocycles. The lowest BCUT2D eigenvalue weighted by Gasteiger charge is -2.09. The highest BCUT2D eigenvalue weighted by molar-refractivity contribution is 5.67. The van der Waals surface area contributed by atoms with Gasteiger partial charge in [-0.1, -0.05) is 6.07 Å². The first-order chi connectivity index (χ1) is 8.60. The number of nitriles is 1. The maximum atomic E-state index is 13.4. The van der Waals surface area contributed by atoms with Gasteiger partial charge in [0.2, 0.25) is 0 Å². The quantitative estimate of drug-likeness (QED) is 0.869. The molecule has 0 aliphatic carbocycles. The van der Waals surface area contributed by atoms with Crippen molar-refractivity contribution in [1.29, 1.82) is 5.26 Å². The molecule has 0 saturated heterocycles.